The number of hydrogen-bond acceptors (Lipinski definition) is 3. The zero-order valence-corrected chi connectivity index (χ0v) is 22.4. The summed E-state index contributed by atoms with van der Waals surface area (Å²) in [6.45, 7) is 6.29. The van der Waals surface area contributed by atoms with E-state index in [2.05, 4.69) is 5.32 Å². The molecule has 0 spiro atoms. The summed E-state index contributed by atoms with van der Waals surface area (Å²) in [7, 11) is 0. The van der Waals surface area contributed by atoms with Gasteiger partial charge in [-0.2, -0.15) is 0 Å². The minimum Gasteiger partial charge on any atom is -0.483 e. The predicted molar refractivity (Wildman–Crippen MR) is 146 cm³/mol. The van der Waals surface area contributed by atoms with E-state index in [4.69, 9.17) is 27.9 Å². The van der Waals surface area contributed by atoms with Crippen LogP contribution in [0.1, 0.15) is 35.6 Å². The van der Waals surface area contributed by atoms with Crippen LogP contribution in [0.5, 0.6) is 5.75 Å². The van der Waals surface area contributed by atoms with Crippen LogP contribution in [0.2, 0.25) is 10.0 Å². The van der Waals surface area contributed by atoms with Gasteiger partial charge in [-0.3, -0.25) is 9.59 Å². The Bertz CT molecular complexity index is 1160. The lowest BCUT2D eigenvalue weighted by Crippen LogP contribution is -2.51. The molecule has 0 aromatic heterocycles. The van der Waals surface area contributed by atoms with Crippen molar-refractivity contribution in [3.8, 4) is 5.75 Å². The van der Waals surface area contributed by atoms with E-state index in [9.17, 15) is 9.59 Å². The van der Waals surface area contributed by atoms with E-state index >= 15 is 0 Å². The number of carbonyl (C=O) groups excluding carboxylic acids is 2. The van der Waals surface area contributed by atoms with Crippen LogP contribution in [0.4, 0.5) is 0 Å². The highest BCUT2D eigenvalue weighted by atomic mass is 35.5. The SMILES string of the molecule is CCCNC(=O)[C@@H](Cc1ccccc1)N(Cc1c(Cl)cccc1Cl)C(=O)COc1cccc(C)c1C. The van der Waals surface area contributed by atoms with E-state index < -0.39 is 6.04 Å². The second kappa shape index (κ2) is 13.3. The summed E-state index contributed by atoms with van der Waals surface area (Å²) in [5.41, 5.74) is 3.56. The van der Waals surface area contributed by atoms with Crippen LogP contribution >= 0.6 is 23.2 Å². The van der Waals surface area contributed by atoms with E-state index in [-0.39, 0.29) is 25.0 Å². The highest BCUT2D eigenvalue weighted by Gasteiger charge is 2.31. The molecule has 0 bridgehead atoms. The number of nitrogens with zero attached hydrogens (tertiary/aromatic N) is 1. The van der Waals surface area contributed by atoms with E-state index in [1.54, 1.807) is 18.2 Å². The van der Waals surface area contributed by atoms with Gasteiger partial charge in [-0.05, 0) is 55.2 Å². The number of benzene rings is 3. The Kier molecular flexibility index (Phi) is 10.2. The fourth-order valence-electron chi connectivity index (χ4n) is 3.88. The minimum absolute atomic E-state index is 0.0740. The average molecular weight is 527 g/mol. The first kappa shape index (κ1) is 27.6. The van der Waals surface area contributed by atoms with Gasteiger partial charge in [0.25, 0.3) is 5.91 Å². The molecule has 3 aromatic rings. The van der Waals surface area contributed by atoms with Crippen LogP contribution in [0.25, 0.3) is 0 Å². The van der Waals surface area contributed by atoms with E-state index in [0.717, 1.165) is 23.1 Å². The highest BCUT2D eigenvalue weighted by Crippen LogP contribution is 2.27. The van der Waals surface area contributed by atoms with Crippen molar-refractivity contribution in [1.82, 2.24) is 10.2 Å². The van der Waals surface area contributed by atoms with Gasteiger partial charge >= 0.3 is 0 Å². The van der Waals surface area contributed by atoms with E-state index in [0.29, 0.717) is 34.3 Å². The molecule has 7 heteroatoms. The standard InChI is InChI=1S/C29H32Cl2N2O3/c1-4-16-32-29(35)26(17-22-11-6-5-7-12-22)33(18-23-24(30)13-9-14-25(23)31)28(34)19-36-27-15-8-10-20(2)21(27)3/h5-15,26H,4,16-19H2,1-3H3,(H,32,35)/t26-/m1/s1. The number of hydrogen-bond donors (Lipinski definition) is 1. The molecule has 1 atom stereocenters. The lowest BCUT2D eigenvalue weighted by molar-refractivity contribution is -0.142. The molecule has 0 heterocycles. The third-order valence-electron chi connectivity index (χ3n) is 6.12. The van der Waals surface area contributed by atoms with Gasteiger partial charge in [0.05, 0.1) is 0 Å². The quantitative estimate of drug-likeness (QED) is 0.325. The third-order valence-corrected chi connectivity index (χ3v) is 6.82. The molecule has 0 unspecified atom stereocenters. The number of amides is 2. The first-order valence-corrected chi connectivity index (χ1v) is 12.8. The average Bonchev–Trinajstić information content (AvgIpc) is 2.87. The molecule has 0 saturated heterocycles. The molecular weight excluding hydrogens is 495 g/mol. The summed E-state index contributed by atoms with van der Waals surface area (Å²) in [6, 6.07) is 19.8. The van der Waals surface area contributed by atoms with Gasteiger partial charge in [0.2, 0.25) is 5.91 Å². The summed E-state index contributed by atoms with van der Waals surface area (Å²) in [5.74, 6) is 0.0672. The maximum Gasteiger partial charge on any atom is 0.261 e. The first-order chi connectivity index (χ1) is 17.3. The van der Waals surface area contributed by atoms with Crippen molar-refractivity contribution in [1.29, 1.82) is 0 Å². The molecule has 3 aromatic carbocycles. The van der Waals surface area contributed by atoms with Gasteiger partial charge in [-0.15, -0.1) is 0 Å². The first-order valence-electron chi connectivity index (χ1n) is 12.0. The Labute approximate surface area is 223 Å². The lowest BCUT2D eigenvalue weighted by atomic mass is 10.0. The molecule has 0 saturated carbocycles. The molecule has 1 N–H and O–H groups in total. The molecule has 0 radical (unpaired) electrons. The molecule has 0 aliphatic heterocycles. The molecule has 0 aliphatic carbocycles. The zero-order chi connectivity index (χ0) is 26.1. The Balaban J connectivity index is 1.96. The lowest BCUT2D eigenvalue weighted by Gasteiger charge is -2.32. The number of rotatable bonds is 11. The predicted octanol–water partition coefficient (Wildman–Crippen LogP) is 6.16. The number of carbonyl (C=O) groups is 2. The second-order valence-corrected chi connectivity index (χ2v) is 9.52. The van der Waals surface area contributed by atoms with Gasteiger partial charge in [-0.1, -0.05) is 78.7 Å². The third kappa shape index (κ3) is 7.25. The molecular formula is C29H32Cl2N2O3. The van der Waals surface area contributed by atoms with Crippen molar-refractivity contribution >= 4 is 35.0 Å². The number of halogens is 2. The monoisotopic (exact) mass is 526 g/mol. The van der Waals surface area contributed by atoms with E-state index in [1.165, 1.54) is 4.90 Å². The van der Waals surface area contributed by atoms with Crippen molar-refractivity contribution in [3.63, 3.8) is 0 Å². The summed E-state index contributed by atoms with van der Waals surface area (Å²) in [5, 5.41) is 3.82. The summed E-state index contributed by atoms with van der Waals surface area (Å²) in [4.78, 5) is 28.6. The maximum atomic E-state index is 13.7. The number of nitrogens with one attached hydrogen (secondary N) is 1. The fourth-order valence-corrected chi connectivity index (χ4v) is 4.39. The van der Waals surface area contributed by atoms with Crippen molar-refractivity contribution in [2.75, 3.05) is 13.2 Å². The van der Waals surface area contributed by atoms with Gasteiger partial charge < -0.3 is 15.0 Å². The Morgan fingerprint density at radius 3 is 2.28 bits per heavy atom. The van der Waals surface area contributed by atoms with Crippen molar-refractivity contribution in [2.24, 2.45) is 0 Å². The van der Waals surface area contributed by atoms with Crippen LogP contribution < -0.4 is 10.1 Å². The number of aryl methyl sites for hydroxylation is 1. The summed E-state index contributed by atoms with van der Waals surface area (Å²) >= 11 is 12.9. The molecule has 5 nitrogen and oxygen atoms in total. The maximum absolute atomic E-state index is 13.7. The molecule has 0 aliphatic rings. The van der Waals surface area contributed by atoms with Crippen LogP contribution in [0.15, 0.2) is 66.7 Å². The van der Waals surface area contributed by atoms with Crippen molar-refractivity contribution in [2.45, 2.75) is 46.2 Å². The second-order valence-electron chi connectivity index (χ2n) is 8.71. The Morgan fingerprint density at radius 2 is 1.61 bits per heavy atom. The van der Waals surface area contributed by atoms with Crippen LogP contribution in [0, 0.1) is 13.8 Å². The molecule has 0 fully saturated rings. The number of ether oxygens (including phenoxy) is 1. The zero-order valence-electron chi connectivity index (χ0n) is 20.9. The Morgan fingerprint density at radius 1 is 0.944 bits per heavy atom. The molecule has 190 valence electrons. The van der Waals surface area contributed by atoms with Gasteiger partial charge in [0.15, 0.2) is 6.61 Å². The van der Waals surface area contributed by atoms with Gasteiger partial charge in [0, 0.05) is 35.1 Å². The highest BCUT2D eigenvalue weighted by molar-refractivity contribution is 6.36. The Hall–Kier alpha value is -3.02. The minimum atomic E-state index is -0.777. The van der Waals surface area contributed by atoms with Crippen molar-refractivity contribution < 1.29 is 14.3 Å². The van der Waals surface area contributed by atoms with Gasteiger partial charge in [0.1, 0.15) is 11.8 Å². The smallest absolute Gasteiger partial charge is 0.261 e. The van der Waals surface area contributed by atoms with Crippen LogP contribution in [0.3, 0.4) is 0 Å². The molecule has 3 rings (SSSR count). The summed E-state index contributed by atoms with van der Waals surface area (Å²) in [6.07, 6.45) is 1.12. The van der Waals surface area contributed by atoms with Crippen LogP contribution in [-0.4, -0.2) is 35.9 Å². The largest absolute Gasteiger partial charge is 0.483 e. The van der Waals surface area contributed by atoms with Crippen molar-refractivity contribution in [3.05, 3.63) is 99.0 Å². The normalized spacial score (nSPS) is 11.6. The molecule has 2 amide bonds. The fraction of sp³-hybridized carbons (Fsp3) is 0.310. The topological polar surface area (TPSA) is 58.6 Å². The van der Waals surface area contributed by atoms with E-state index in [1.807, 2.05) is 69.3 Å². The molecule has 36 heavy (non-hydrogen) atoms. The summed E-state index contributed by atoms with van der Waals surface area (Å²) < 4.78 is 5.93. The van der Waals surface area contributed by atoms with Crippen LogP contribution in [-0.2, 0) is 22.6 Å². The van der Waals surface area contributed by atoms with Gasteiger partial charge in [-0.25, -0.2) is 0 Å².